The van der Waals surface area contributed by atoms with Crippen LogP contribution in [0, 0.1) is 0 Å². The van der Waals surface area contributed by atoms with E-state index in [1.807, 2.05) is 28.8 Å². The molecule has 5 nitrogen and oxygen atoms in total. The van der Waals surface area contributed by atoms with Gasteiger partial charge in [-0.25, -0.2) is 4.98 Å². The van der Waals surface area contributed by atoms with Gasteiger partial charge in [-0.1, -0.05) is 18.2 Å². The Morgan fingerprint density at radius 3 is 2.76 bits per heavy atom. The SMILES string of the molecule is O=C(Nc1ccccc1-n1ccnc1)c1cccc(O)c1. The minimum absolute atomic E-state index is 0.0607. The molecule has 0 saturated heterocycles. The lowest BCUT2D eigenvalue weighted by atomic mass is 10.2. The van der Waals surface area contributed by atoms with E-state index in [2.05, 4.69) is 10.3 Å². The van der Waals surface area contributed by atoms with Crippen molar-refractivity contribution < 1.29 is 9.90 Å². The number of carbonyl (C=O) groups is 1. The quantitative estimate of drug-likeness (QED) is 0.774. The van der Waals surface area contributed by atoms with Crippen LogP contribution in [0.2, 0.25) is 0 Å². The van der Waals surface area contributed by atoms with Gasteiger partial charge in [0.15, 0.2) is 0 Å². The summed E-state index contributed by atoms with van der Waals surface area (Å²) in [5.41, 5.74) is 1.89. The lowest BCUT2D eigenvalue weighted by molar-refractivity contribution is 0.102. The van der Waals surface area contributed by atoms with Gasteiger partial charge in [-0.3, -0.25) is 4.79 Å². The molecule has 0 saturated carbocycles. The summed E-state index contributed by atoms with van der Waals surface area (Å²) in [4.78, 5) is 16.2. The summed E-state index contributed by atoms with van der Waals surface area (Å²) >= 11 is 0. The van der Waals surface area contributed by atoms with E-state index < -0.39 is 0 Å². The largest absolute Gasteiger partial charge is 0.508 e. The third-order valence-electron chi connectivity index (χ3n) is 3.04. The molecule has 0 aliphatic heterocycles. The first-order valence-corrected chi connectivity index (χ1v) is 6.42. The van der Waals surface area contributed by atoms with Crippen LogP contribution in [0.25, 0.3) is 5.69 Å². The number of nitrogens with zero attached hydrogens (tertiary/aromatic N) is 2. The molecule has 2 aromatic carbocycles. The number of carbonyl (C=O) groups excluding carboxylic acids is 1. The number of phenols is 1. The number of benzene rings is 2. The maximum absolute atomic E-state index is 12.2. The standard InChI is InChI=1S/C16H13N3O2/c20-13-5-3-4-12(10-13)16(21)18-14-6-1-2-7-15(14)19-9-8-17-11-19/h1-11,20H,(H,18,21). The Balaban J connectivity index is 1.90. The molecule has 2 N–H and O–H groups in total. The van der Waals surface area contributed by atoms with E-state index in [1.54, 1.807) is 30.9 Å². The third-order valence-corrected chi connectivity index (χ3v) is 3.04. The highest BCUT2D eigenvalue weighted by Crippen LogP contribution is 2.21. The number of nitrogens with one attached hydrogen (secondary N) is 1. The van der Waals surface area contributed by atoms with Gasteiger partial charge < -0.3 is 15.0 Å². The number of hydrogen-bond donors (Lipinski definition) is 2. The fourth-order valence-electron chi connectivity index (χ4n) is 2.05. The van der Waals surface area contributed by atoms with Crippen molar-refractivity contribution in [3.05, 3.63) is 72.8 Å². The van der Waals surface area contributed by atoms with Crippen LogP contribution >= 0.6 is 0 Å². The monoisotopic (exact) mass is 279 g/mol. The molecule has 0 aliphatic rings. The van der Waals surface area contributed by atoms with Crippen molar-refractivity contribution >= 4 is 11.6 Å². The Kier molecular flexibility index (Phi) is 3.39. The number of phenolic OH excluding ortho intramolecular Hbond substituents is 1. The highest BCUT2D eigenvalue weighted by molar-refractivity contribution is 6.05. The van der Waals surface area contributed by atoms with Crippen LogP contribution < -0.4 is 5.32 Å². The summed E-state index contributed by atoms with van der Waals surface area (Å²) < 4.78 is 1.82. The van der Waals surface area contributed by atoms with Crippen molar-refractivity contribution in [1.82, 2.24) is 9.55 Å². The lowest BCUT2D eigenvalue weighted by Gasteiger charge is -2.11. The van der Waals surface area contributed by atoms with E-state index in [0.29, 0.717) is 11.3 Å². The van der Waals surface area contributed by atoms with Crippen molar-refractivity contribution in [3.8, 4) is 11.4 Å². The zero-order valence-electron chi connectivity index (χ0n) is 11.1. The third kappa shape index (κ3) is 2.76. The van der Waals surface area contributed by atoms with E-state index in [-0.39, 0.29) is 11.7 Å². The molecular weight excluding hydrogens is 266 g/mol. The first-order valence-electron chi connectivity index (χ1n) is 6.42. The molecule has 21 heavy (non-hydrogen) atoms. The molecule has 1 amide bonds. The normalized spacial score (nSPS) is 10.3. The Hall–Kier alpha value is -3.08. The van der Waals surface area contributed by atoms with E-state index in [4.69, 9.17) is 0 Å². The molecule has 0 unspecified atom stereocenters. The molecule has 0 spiro atoms. The van der Waals surface area contributed by atoms with Crippen molar-refractivity contribution in [3.63, 3.8) is 0 Å². The summed E-state index contributed by atoms with van der Waals surface area (Å²) in [5.74, 6) is -0.219. The molecule has 3 aromatic rings. The van der Waals surface area contributed by atoms with Crippen LogP contribution in [-0.4, -0.2) is 20.6 Å². The molecule has 104 valence electrons. The Morgan fingerprint density at radius 1 is 1.14 bits per heavy atom. The predicted molar refractivity (Wildman–Crippen MR) is 79.6 cm³/mol. The zero-order chi connectivity index (χ0) is 14.7. The van der Waals surface area contributed by atoms with Gasteiger partial charge in [0, 0.05) is 18.0 Å². The molecule has 1 aromatic heterocycles. The van der Waals surface area contributed by atoms with Crippen LogP contribution in [0.1, 0.15) is 10.4 Å². The van der Waals surface area contributed by atoms with Crippen LogP contribution in [-0.2, 0) is 0 Å². The molecule has 0 fully saturated rings. The van der Waals surface area contributed by atoms with Crippen molar-refractivity contribution in [2.75, 3.05) is 5.32 Å². The first-order chi connectivity index (χ1) is 10.2. The molecule has 0 aliphatic carbocycles. The van der Waals surface area contributed by atoms with Gasteiger partial charge in [0.25, 0.3) is 5.91 Å². The molecule has 0 radical (unpaired) electrons. The van der Waals surface area contributed by atoms with Gasteiger partial charge in [-0.2, -0.15) is 0 Å². The van der Waals surface area contributed by atoms with E-state index in [1.165, 1.54) is 12.1 Å². The van der Waals surface area contributed by atoms with Crippen molar-refractivity contribution in [2.45, 2.75) is 0 Å². The van der Waals surface area contributed by atoms with Crippen LogP contribution in [0.15, 0.2) is 67.3 Å². The predicted octanol–water partition coefficient (Wildman–Crippen LogP) is 2.83. The molecule has 1 heterocycles. The average Bonchev–Trinajstić information content (AvgIpc) is 3.02. The van der Waals surface area contributed by atoms with Crippen molar-refractivity contribution in [2.24, 2.45) is 0 Å². The smallest absolute Gasteiger partial charge is 0.255 e. The average molecular weight is 279 g/mol. The zero-order valence-corrected chi connectivity index (χ0v) is 11.1. The summed E-state index contributed by atoms with van der Waals surface area (Å²) in [7, 11) is 0. The fraction of sp³-hybridized carbons (Fsp3) is 0. The summed E-state index contributed by atoms with van der Waals surface area (Å²) in [6.45, 7) is 0. The maximum atomic E-state index is 12.2. The molecular formula is C16H13N3O2. The second kappa shape index (κ2) is 5.50. The Morgan fingerprint density at radius 2 is 2.00 bits per heavy atom. The molecule has 3 rings (SSSR count). The van der Waals surface area contributed by atoms with E-state index >= 15 is 0 Å². The minimum atomic E-state index is -0.279. The van der Waals surface area contributed by atoms with Crippen LogP contribution in [0.3, 0.4) is 0 Å². The van der Waals surface area contributed by atoms with E-state index in [9.17, 15) is 9.90 Å². The highest BCUT2D eigenvalue weighted by Gasteiger charge is 2.10. The molecule has 0 atom stereocenters. The van der Waals surface area contributed by atoms with Gasteiger partial charge in [0.2, 0.25) is 0 Å². The molecule has 5 heteroatoms. The Bertz CT molecular complexity index is 767. The number of imidazole rings is 1. The topological polar surface area (TPSA) is 67.2 Å². The fourth-order valence-corrected chi connectivity index (χ4v) is 2.05. The second-order valence-corrected chi connectivity index (χ2v) is 4.49. The molecule has 0 bridgehead atoms. The Labute approximate surface area is 121 Å². The minimum Gasteiger partial charge on any atom is -0.508 e. The van der Waals surface area contributed by atoms with Gasteiger partial charge in [0.1, 0.15) is 5.75 Å². The van der Waals surface area contributed by atoms with Crippen LogP contribution in [0.5, 0.6) is 5.75 Å². The number of anilines is 1. The van der Waals surface area contributed by atoms with Crippen LogP contribution in [0.4, 0.5) is 5.69 Å². The summed E-state index contributed by atoms with van der Waals surface area (Å²) in [6.07, 6.45) is 5.15. The van der Waals surface area contributed by atoms with Crippen molar-refractivity contribution in [1.29, 1.82) is 0 Å². The number of amides is 1. The number of aromatic nitrogens is 2. The lowest BCUT2D eigenvalue weighted by Crippen LogP contribution is -2.13. The number of para-hydroxylation sites is 2. The van der Waals surface area contributed by atoms with E-state index in [0.717, 1.165) is 5.69 Å². The highest BCUT2D eigenvalue weighted by atomic mass is 16.3. The maximum Gasteiger partial charge on any atom is 0.255 e. The van der Waals surface area contributed by atoms with Gasteiger partial charge in [0.05, 0.1) is 17.7 Å². The summed E-state index contributed by atoms with van der Waals surface area (Å²) in [6, 6.07) is 13.7. The number of aromatic hydroxyl groups is 1. The number of rotatable bonds is 3. The van der Waals surface area contributed by atoms with Gasteiger partial charge >= 0.3 is 0 Å². The summed E-state index contributed by atoms with van der Waals surface area (Å²) in [5, 5.41) is 12.3. The van der Waals surface area contributed by atoms with Gasteiger partial charge in [-0.05, 0) is 30.3 Å². The number of hydrogen-bond acceptors (Lipinski definition) is 3. The second-order valence-electron chi connectivity index (χ2n) is 4.49. The van der Waals surface area contributed by atoms with Gasteiger partial charge in [-0.15, -0.1) is 0 Å². The first kappa shape index (κ1) is 12.9.